The molecule has 1 aromatic carbocycles. The number of nitrogens with one attached hydrogen (secondary N) is 1. The lowest BCUT2D eigenvalue weighted by Gasteiger charge is -2.39. The Morgan fingerprint density at radius 3 is 2.67 bits per heavy atom. The van der Waals surface area contributed by atoms with E-state index < -0.39 is 17.7 Å². The third kappa shape index (κ3) is 5.27. The van der Waals surface area contributed by atoms with Crippen molar-refractivity contribution in [3.05, 3.63) is 41.6 Å². The Bertz CT molecular complexity index is 1100. The summed E-state index contributed by atoms with van der Waals surface area (Å²) in [5.41, 5.74) is 1.76. The first-order valence-electron chi connectivity index (χ1n) is 11.7. The topological polar surface area (TPSA) is 95.3 Å². The van der Waals surface area contributed by atoms with Crippen LogP contribution < -0.4 is 5.32 Å². The van der Waals surface area contributed by atoms with E-state index in [2.05, 4.69) is 23.3 Å². The van der Waals surface area contributed by atoms with Crippen molar-refractivity contribution < 1.29 is 14.3 Å². The Kier molecular flexibility index (Phi) is 6.29. The summed E-state index contributed by atoms with van der Waals surface area (Å²) in [4.78, 5) is 32.3. The number of benzene rings is 1. The first kappa shape index (κ1) is 23.0. The predicted octanol–water partition coefficient (Wildman–Crippen LogP) is 4.36. The lowest BCUT2D eigenvalue weighted by Crippen LogP contribution is -2.53. The van der Waals surface area contributed by atoms with E-state index in [0.29, 0.717) is 30.1 Å². The molecule has 174 valence electrons. The van der Waals surface area contributed by atoms with E-state index in [1.165, 1.54) is 0 Å². The Morgan fingerprint density at radius 1 is 1.24 bits per heavy atom. The molecule has 0 bridgehead atoms. The molecule has 0 radical (unpaired) electrons. The normalized spacial score (nSPS) is 21.8. The minimum atomic E-state index is -0.614. The molecular formula is C26H32N4O3. The van der Waals surface area contributed by atoms with Gasteiger partial charge in [0, 0.05) is 30.6 Å². The van der Waals surface area contributed by atoms with E-state index in [9.17, 15) is 14.9 Å². The van der Waals surface area contributed by atoms with E-state index in [1.54, 1.807) is 6.20 Å². The summed E-state index contributed by atoms with van der Waals surface area (Å²) < 4.78 is 5.41. The van der Waals surface area contributed by atoms with E-state index in [0.717, 1.165) is 30.2 Å². The number of likely N-dealkylation sites (tertiary alicyclic amines) is 1. The van der Waals surface area contributed by atoms with E-state index in [1.807, 2.05) is 49.9 Å². The molecule has 1 aromatic heterocycles. The number of pyridine rings is 1. The molecule has 2 aromatic rings. The van der Waals surface area contributed by atoms with Gasteiger partial charge in [0.25, 0.3) is 0 Å². The van der Waals surface area contributed by atoms with Crippen LogP contribution in [0.3, 0.4) is 0 Å². The minimum Gasteiger partial charge on any atom is -0.444 e. The second kappa shape index (κ2) is 9.01. The van der Waals surface area contributed by atoms with Gasteiger partial charge in [-0.05, 0) is 69.6 Å². The first-order valence-corrected chi connectivity index (χ1v) is 11.7. The number of carbonyl (C=O) groups is 2. The molecule has 2 amide bonds. The highest BCUT2D eigenvalue weighted by Crippen LogP contribution is 2.37. The maximum Gasteiger partial charge on any atom is 0.408 e. The molecule has 0 spiro atoms. The van der Waals surface area contributed by atoms with Crippen molar-refractivity contribution in [2.75, 3.05) is 13.1 Å². The Labute approximate surface area is 195 Å². The lowest BCUT2D eigenvalue weighted by molar-refractivity contribution is -0.136. The molecule has 4 rings (SSSR count). The quantitative estimate of drug-likeness (QED) is 0.750. The average molecular weight is 449 g/mol. The maximum absolute atomic E-state index is 13.6. The van der Waals surface area contributed by atoms with Gasteiger partial charge in [-0.2, -0.15) is 5.26 Å². The molecule has 1 aliphatic carbocycles. The molecule has 2 heterocycles. The highest BCUT2D eigenvalue weighted by Gasteiger charge is 2.42. The summed E-state index contributed by atoms with van der Waals surface area (Å²) in [5.74, 6) is 0.589. The van der Waals surface area contributed by atoms with Crippen LogP contribution in [0.25, 0.3) is 10.9 Å². The Balaban J connectivity index is 1.56. The van der Waals surface area contributed by atoms with Gasteiger partial charge in [0.05, 0.1) is 11.1 Å². The Hall–Kier alpha value is -3.14. The van der Waals surface area contributed by atoms with Gasteiger partial charge in [-0.1, -0.05) is 19.1 Å². The summed E-state index contributed by atoms with van der Waals surface area (Å²) in [7, 11) is 0. The summed E-state index contributed by atoms with van der Waals surface area (Å²) in [5, 5.41) is 13.3. The van der Waals surface area contributed by atoms with Gasteiger partial charge in [0.15, 0.2) is 0 Å². The van der Waals surface area contributed by atoms with E-state index in [-0.39, 0.29) is 17.7 Å². The lowest BCUT2D eigenvalue weighted by atomic mass is 9.83. The zero-order valence-corrected chi connectivity index (χ0v) is 19.8. The average Bonchev–Trinajstić information content (AvgIpc) is 3.60. The molecule has 1 saturated carbocycles. The number of aromatic nitrogens is 1. The van der Waals surface area contributed by atoms with Gasteiger partial charge in [-0.25, -0.2) is 4.79 Å². The highest BCUT2D eigenvalue weighted by molar-refractivity contribution is 5.88. The molecule has 2 fully saturated rings. The second-order valence-corrected chi connectivity index (χ2v) is 10.5. The number of hydrogen-bond acceptors (Lipinski definition) is 5. The second-order valence-electron chi connectivity index (χ2n) is 10.5. The van der Waals surface area contributed by atoms with Gasteiger partial charge in [-0.15, -0.1) is 0 Å². The molecule has 33 heavy (non-hydrogen) atoms. The monoisotopic (exact) mass is 448 g/mol. The molecule has 0 unspecified atom stereocenters. The molecule has 1 N–H and O–H groups in total. The fraction of sp³-hybridized carbons (Fsp3) is 0.538. The van der Waals surface area contributed by atoms with Crippen LogP contribution in [0.4, 0.5) is 4.79 Å². The van der Waals surface area contributed by atoms with Crippen LogP contribution in [0.2, 0.25) is 0 Å². The smallest absolute Gasteiger partial charge is 0.408 e. The third-order valence-electron chi connectivity index (χ3n) is 6.37. The first-order chi connectivity index (χ1) is 15.7. The largest absolute Gasteiger partial charge is 0.444 e. The van der Waals surface area contributed by atoms with Gasteiger partial charge >= 0.3 is 6.09 Å². The van der Waals surface area contributed by atoms with Crippen LogP contribution in [0, 0.1) is 23.2 Å². The van der Waals surface area contributed by atoms with Crippen LogP contribution in [0.1, 0.15) is 64.0 Å². The number of nitriles is 1. The fourth-order valence-corrected chi connectivity index (χ4v) is 4.84. The fourth-order valence-electron chi connectivity index (χ4n) is 4.84. The number of hydrogen-bond donors (Lipinski definition) is 1. The number of amides is 2. The van der Waals surface area contributed by atoms with E-state index >= 15 is 0 Å². The third-order valence-corrected chi connectivity index (χ3v) is 6.37. The van der Waals surface area contributed by atoms with Crippen LogP contribution in [-0.4, -0.2) is 46.6 Å². The van der Waals surface area contributed by atoms with Crippen LogP contribution in [-0.2, 0) is 9.53 Å². The number of alkyl carbamates (subject to hydrolysis) is 1. The van der Waals surface area contributed by atoms with Gasteiger partial charge in [-0.3, -0.25) is 9.78 Å². The number of ether oxygens (including phenoxy) is 1. The zero-order valence-electron chi connectivity index (χ0n) is 19.8. The molecule has 7 heteroatoms. The van der Waals surface area contributed by atoms with Crippen molar-refractivity contribution in [3.8, 4) is 6.07 Å². The predicted molar refractivity (Wildman–Crippen MR) is 125 cm³/mol. The zero-order chi connectivity index (χ0) is 23.8. The summed E-state index contributed by atoms with van der Waals surface area (Å²) in [6, 6.07) is 9.39. The van der Waals surface area contributed by atoms with Crippen molar-refractivity contribution in [2.45, 2.75) is 64.5 Å². The van der Waals surface area contributed by atoms with Gasteiger partial charge in [0.1, 0.15) is 17.7 Å². The number of fused-ring (bicyclic) bond motifs is 1. The minimum absolute atomic E-state index is 0.0315. The number of piperidine rings is 1. The molecule has 3 atom stereocenters. The molecule has 1 aliphatic heterocycles. The molecular weight excluding hydrogens is 416 g/mol. The molecule has 2 aliphatic rings. The molecule has 1 saturated heterocycles. The summed E-state index contributed by atoms with van der Waals surface area (Å²) in [6.45, 7) is 8.85. The molecule has 7 nitrogen and oxygen atoms in total. The maximum atomic E-state index is 13.6. The van der Waals surface area contributed by atoms with Gasteiger partial charge < -0.3 is 15.0 Å². The van der Waals surface area contributed by atoms with Crippen molar-refractivity contribution >= 4 is 22.9 Å². The van der Waals surface area contributed by atoms with Crippen LogP contribution >= 0.6 is 0 Å². The van der Waals surface area contributed by atoms with Crippen molar-refractivity contribution in [3.63, 3.8) is 0 Å². The summed E-state index contributed by atoms with van der Waals surface area (Å²) in [6.07, 6.45) is 3.98. The SMILES string of the molecule is C[C@H]1C[C@@H](c2ccc(C#N)c3ncccc23)CN(C(=O)[C@@H](NC(=O)OC(C)(C)C)C2CC2)C1. The van der Waals surface area contributed by atoms with Crippen LogP contribution in [0.5, 0.6) is 0 Å². The standard InChI is InChI=1S/C26H32N4O3/c1-16-12-19(20-10-9-18(13-27)22-21(20)6-5-11-28-22)15-30(14-16)24(31)23(17-7-8-17)29-25(32)33-26(2,3)4/h5-6,9-11,16-17,19,23H,7-8,12,14-15H2,1-4H3,(H,29,32)/t16-,19+,23-/m0/s1. The highest BCUT2D eigenvalue weighted by atomic mass is 16.6. The van der Waals surface area contributed by atoms with E-state index in [4.69, 9.17) is 4.74 Å². The Morgan fingerprint density at radius 2 is 2.00 bits per heavy atom. The number of carbonyl (C=O) groups excluding carboxylic acids is 2. The van der Waals surface area contributed by atoms with Crippen LogP contribution in [0.15, 0.2) is 30.5 Å². The number of rotatable bonds is 4. The van der Waals surface area contributed by atoms with Crippen molar-refractivity contribution in [2.24, 2.45) is 11.8 Å². The van der Waals surface area contributed by atoms with Crippen molar-refractivity contribution in [1.82, 2.24) is 15.2 Å². The van der Waals surface area contributed by atoms with Crippen molar-refractivity contribution in [1.29, 1.82) is 5.26 Å². The number of nitrogens with zero attached hydrogens (tertiary/aromatic N) is 3. The summed E-state index contributed by atoms with van der Waals surface area (Å²) >= 11 is 0. The van der Waals surface area contributed by atoms with Gasteiger partial charge in [0.2, 0.25) is 5.91 Å².